The molecule has 0 spiro atoms. The van der Waals surface area contributed by atoms with Crippen molar-refractivity contribution in [2.45, 2.75) is 19.6 Å². The van der Waals surface area contributed by atoms with Crippen molar-refractivity contribution in [3.63, 3.8) is 0 Å². The van der Waals surface area contributed by atoms with Crippen LogP contribution in [-0.4, -0.2) is 13.2 Å². The molecule has 0 aliphatic heterocycles. The Bertz CT molecular complexity index is 448. The molecule has 102 valence electrons. The maximum Gasteiger partial charge on any atom is 0.351 e. The molecule has 0 aromatic heterocycles. The van der Waals surface area contributed by atoms with Gasteiger partial charge in [-0.3, -0.25) is 4.57 Å². The smallest absolute Gasteiger partial charge is 0.314 e. The van der Waals surface area contributed by atoms with Crippen LogP contribution >= 0.6 is 19.2 Å². The summed E-state index contributed by atoms with van der Waals surface area (Å²) in [5.41, 5.74) is 6.16. The van der Waals surface area contributed by atoms with Crippen LogP contribution in [0, 0.1) is 5.82 Å². The number of hydrogen-bond donors (Lipinski definition) is 1. The Morgan fingerprint density at radius 3 is 2.39 bits per heavy atom. The van der Waals surface area contributed by atoms with Crippen molar-refractivity contribution in [1.82, 2.24) is 0 Å². The molecule has 18 heavy (non-hydrogen) atoms. The maximum absolute atomic E-state index is 13.3. The van der Waals surface area contributed by atoms with Crippen molar-refractivity contribution in [3.05, 3.63) is 34.6 Å². The Morgan fingerprint density at radius 2 is 1.94 bits per heavy atom. The van der Waals surface area contributed by atoms with Crippen LogP contribution in [0.25, 0.3) is 0 Å². The molecular weight excluding hydrogens is 280 g/mol. The van der Waals surface area contributed by atoms with Gasteiger partial charge >= 0.3 is 7.60 Å². The first kappa shape index (κ1) is 15.6. The van der Waals surface area contributed by atoms with Crippen molar-refractivity contribution >= 4 is 19.2 Å². The van der Waals surface area contributed by atoms with Gasteiger partial charge in [0.2, 0.25) is 0 Å². The van der Waals surface area contributed by atoms with Crippen molar-refractivity contribution in [3.8, 4) is 0 Å². The van der Waals surface area contributed by atoms with Crippen LogP contribution in [0.5, 0.6) is 0 Å². The van der Waals surface area contributed by atoms with E-state index in [1.165, 1.54) is 12.1 Å². The minimum Gasteiger partial charge on any atom is -0.314 e. The molecule has 0 unspecified atom stereocenters. The van der Waals surface area contributed by atoms with E-state index < -0.39 is 19.2 Å². The highest BCUT2D eigenvalue weighted by Crippen LogP contribution is 2.58. The summed E-state index contributed by atoms with van der Waals surface area (Å²) in [5.74, 6) is -1.66. The lowest BCUT2D eigenvalue weighted by Gasteiger charge is -2.23. The number of nitrogens with two attached hydrogens (primary N) is 1. The summed E-state index contributed by atoms with van der Waals surface area (Å²) in [5, 5.41) is -0.0198. The SMILES string of the molecule is CCOP(=O)(OCC)[C@H](N)c1ccc(Cl)c(F)c1. The van der Waals surface area contributed by atoms with Gasteiger partial charge in [-0.1, -0.05) is 17.7 Å². The molecule has 1 aromatic carbocycles. The van der Waals surface area contributed by atoms with Gasteiger partial charge in [0.25, 0.3) is 0 Å². The van der Waals surface area contributed by atoms with E-state index in [2.05, 4.69) is 0 Å². The average molecular weight is 296 g/mol. The summed E-state index contributed by atoms with van der Waals surface area (Å²) in [4.78, 5) is 0. The minimum absolute atomic E-state index is 0.0198. The fourth-order valence-corrected chi connectivity index (χ4v) is 3.20. The molecule has 7 heteroatoms. The normalized spacial score (nSPS) is 13.6. The van der Waals surface area contributed by atoms with E-state index in [1.54, 1.807) is 13.8 Å². The first-order chi connectivity index (χ1) is 8.44. The fourth-order valence-electron chi connectivity index (χ4n) is 1.44. The number of benzene rings is 1. The van der Waals surface area contributed by atoms with Gasteiger partial charge in [-0.15, -0.1) is 0 Å². The number of halogens is 2. The highest BCUT2D eigenvalue weighted by Gasteiger charge is 2.34. The second-order valence-corrected chi connectivity index (χ2v) is 6.05. The Kier molecular flexibility index (Phi) is 5.76. The molecule has 2 N–H and O–H groups in total. The molecule has 4 nitrogen and oxygen atoms in total. The number of hydrogen-bond acceptors (Lipinski definition) is 4. The standard InChI is InChI=1S/C11H16ClFNO3P/c1-3-16-18(15,17-4-2)11(14)8-5-6-9(12)10(13)7-8/h5-7,11H,3-4,14H2,1-2H3/t11-/m0/s1. The van der Waals surface area contributed by atoms with E-state index in [0.717, 1.165) is 6.07 Å². The molecule has 0 fully saturated rings. The van der Waals surface area contributed by atoms with Gasteiger partial charge < -0.3 is 14.8 Å². The zero-order chi connectivity index (χ0) is 13.8. The van der Waals surface area contributed by atoms with Gasteiger partial charge in [-0.05, 0) is 31.5 Å². The predicted molar refractivity (Wildman–Crippen MR) is 69.2 cm³/mol. The fraction of sp³-hybridized carbons (Fsp3) is 0.455. The highest BCUT2D eigenvalue weighted by atomic mass is 35.5. The van der Waals surface area contributed by atoms with E-state index in [1.807, 2.05) is 0 Å². The minimum atomic E-state index is -3.50. The quantitative estimate of drug-likeness (QED) is 0.813. The first-order valence-corrected chi connectivity index (χ1v) is 7.53. The summed E-state index contributed by atoms with van der Waals surface area (Å²) in [6.07, 6.45) is 0. The molecule has 0 aliphatic carbocycles. The van der Waals surface area contributed by atoms with E-state index in [-0.39, 0.29) is 18.2 Å². The summed E-state index contributed by atoms with van der Waals surface area (Å²) in [6, 6.07) is 3.99. The summed E-state index contributed by atoms with van der Waals surface area (Å²) < 4.78 is 35.9. The van der Waals surface area contributed by atoms with Gasteiger partial charge in [0.1, 0.15) is 11.6 Å². The van der Waals surface area contributed by atoms with Crippen molar-refractivity contribution < 1.29 is 18.0 Å². The second-order valence-electron chi connectivity index (χ2n) is 3.49. The molecule has 1 aromatic rings. The van der Waals surface area contributed by atoms with Gasteiger partial charge in [0, 0.05) is 0 Å². The molecule has 1 rings (SSSR count). The lowest BCUT2D eigenvalue weighted by atomic mass is 10.2. The number of rotatable bonds is 6. The summed E-state index contributed by atoms with van der Waals surface area (Å²) in [6.45, 7) is 3.75. The molecule has 0 aliphatic rings. The Labute approximate surface area is 111 Å². The molecule has 0 bridgehead atoms. The molecule has 0 radical (unpaired) electrons. The van der Waals surface area contributed by atoms with E-state index >= 15 is 0 Å². The van der Waals surface area contributed by atoms with Crippen LogP contribution in [0.15, 0.2) is 18.2 Å². The van der Waals surface area contributed by atoms with Crippen LogP contribution in [0.1, 0.15) is 25.2 Å². The lowest BCUT2D eigenvalue weighted by molar-refractivity contribution is 0.212. The Morgan fingerprint density at radius 1 is 1.39 bits per heavy atom. The molecule has 0 saturated heterocycles. The molecule has 0 heterocycles. The summed E-state index contributed by atoms with van der Waals surface area (Å²) in [7, 11) is -3.50. The Hall–Kier alpha value is -0.450. The third kappa shape index (κ3) is 3.53. The van der Waals surface area contributed by atoms with E-state index in [9.17, 15) is 8.96 Å². The van der Waals surface area contributed by atoms with Crippen molar-refractivity contribution in [1.29, 1.82) is 0 Å². The van der Waals surface area contributed by atoms with Crippen LogP contribution in [0.4, 0.5) is 4.39 Å². The van der Waals surface area contributed by atoms with Gasteiger partial charge in [-0.25, -0.2) is 4.39 Å². The molecular formula is C11H16ClFNO3P. The van der Waals surface area contributed by atoms with Crippen LogP contribution in [0.2, 0.25) is 5.02 Å². The summed E-state index contributed by atoms with van der Waals surface area (Å²) >= 11 is 5.57. The molecule has 1 atom stereocenters. The Balaban J connectivity index is 3.05. The topological polar surface area (TPSA) is 61.5 Å². The third-order valence-electron chi connectivity index (χ3n) is 2.24. The van der Waals surface area contributed by atoms with Gasteiger partial charge in [-0.2, -0.15) is 0 Å². The first-order valence-electron chi connectivity index (χ1n) is 5.54. The second kappa shape index (κ2) is 6.64. The van der Waals surface area contributed by atoms with Crippen molar-refractivity contribution in [2.75, 3.05) is 13.2 Å². The maximum atomic E-state index is 13.3. The third-order valence-corrected chi connectivity index (χ3v) is 4.77. The predicted octanol–water partition coefficient (Wildman–Crippen LogP) is 3.70. The highest BCUT2D eigenvalue weighted by molar-refractivity contribution is 7.54. The van der Waals surface area contributed by atoms with E-state index in [4.69, 9.17) is 26.4 Å². The van der Waals surface area contributed by atoms with E-state index in [0.29, 0.717) is 5.56 Å². The lowest BCUT2D eigenvalue weighted by Crippen LogP contribution is -2.15. The molecule has 0 saturated carbocycles. The zero-order valence-electron chi connectivity index (χ0n) is 10.2. The van der Waals surface area contributed by atoms with Crippen LogP contribution in [0.3, 0.4) is 0 Å². The van der Waals surface area contributed by atoms with Gasteiger partial charge in [0.15, 0.2) is 0 Å². The van der Waals surface area contributed by atoms with Gasteiger partial charge in [0.05, 0.1) is 18.2 Å². The van der Waals surface area contributed by atoms with Crippen LogP contribution < -0.4 is 5.73 Å². The monoisotopic (exact) mass is 295 g/mol. The largest absolute Gasteiger partial charge is 0.351 e. The van der Waals surface area contributed by atoms with Crippen LogP contribution in [-0.2, 0) is 13.6 Å². The average Bonchev–Trinajstić information content (AvgIpc) is 2.32. The van der Waals surface area contributed by atoms with Crippen molar-refractivity contribution in [2.24, 2.45) is 5.73 Å². The molecule has 0 amide bonds. The zero-order valence-corrected chi connectivity index (χ0v) is 11.9.